The lowest BCUT2D eigenvalue weighted by molar-refractivity contribution is -0.163. The van der Waals surface area contributed by atoms with Gasteiger partial charge in [0.1, 0.15) is 6.10 Å². The van der Waals surface area contributed by atoms with Crippen LogP contribution in [0, 0.1) is 0 Å². The van der Waals surface area contributed by atoms with Gasteiger partial charge < -0.3 is 10.5 Å². The second-order valence-electron chi connectivity index (χ2n) is 3.22. The molecule has 2 heterocycles. The van der Waals surface area contributed by atoms with Gasteiger partial charge in [-0.2, -0.15) is 0 Å². The molecule has 1 unspecified atom stereocenters. The first-order chi connectivity index (χ1) is 5.25. The maximum Gasteiger partial charge on any atom is 0.320 e. The third-order valence-electron chi connectivity index (χ3n) is 2.33. The van der Waals surface area contributed by atoms with E-state index in [4.69, 9.17) is 10.5 Å². The Kier molecular flexibility index (Phi) is 1.58. The number of piperidine rings is 1. The van der Waals surface area contributed by atoms with Gasteiger partial charge in [0.2, 0.25) is 0 Å². The van der Waals surface area contributed by atoms with E-state index in [1.54, 1.807) is 0 Å². The molecule has 2 rings (SSSR count). The number of morpholine rings is 1. The number of esters is 1. The number of rotatable bonds is 0. The highest BCUT2D eigenvalue weighted by Crippen LogP contribution is 2.16. The number of carbonyl (C=O) groups excluding carboxylic acids is 1. The van der Waals surface area contributed by atoms with Crippen LogP contribution in [0.5, 0.6) is 0 Å². The Morgan fingerprint density at radius 2 is 2.45 bits per heavy atom. The molecular formula is C7H12N2O2. The highest BCUT2D eigenvalue weighted by Gasteiger charge is 2.34. The van der Waals surface area contributed by atoms with Crippen molar-refractivity contribution in [3.63, 3.8) is 0 Å². The average molecular weight is 156 g/mol. The smallest absolute Gasteiger partial charge is 0.320 e. The summed E-state index contributed by atoms with van der Waals surface area (Å²) in [5.74, 6) is -0.128. The standard InChI is InChI=1S/C7H12N2O2/c8-5-1-2-9-3-6(5)11-7(10)4-9/h5-6H,1-4,8H2/t5-,6+/m1/s1. The lowest BCUT2D eigenvalue weighted by Crippen LogP contribution is -2.57. The summed E-state index contributed by atoms with van der Waals surface area (Å²) in [6.07, 6.45) is 0.891. The summed E-state index contributed by atoms with van der Waals surface area (Å²) in [4.78, 5) is 13.0. The number of nitrogens with zero attached hydrogens (tertiary/aromatic N) is 1. The van der Waals surface area contributed by atoms with E-state index in [2.05, 4.69) is 4.90 Å². The van der Waals surface area contributed by atoms with Gasteiger partial charge >= 0.3 is 5.97 Å². The van der Waals surface area contributed by atoms with Crippen LogP contribution in [0.3, 0.4) is 0 Å². The molecule has 2 saturated heterocycles. The van der Waals surface area contributed by atoms with Crippen LogP contribution in [0.4, 0.5) is 0 Å². The van der Waals surface area contributed by atoms with Gasteiger partial charge in [-0.15, -0.1) is 0 Å². The van der Waals surface area contributed by atoms with Gasteiger partial charge in [-0.05, 0) is 6.42 Å². The number of nitrogens with two attached hydrogens (primary N) is 1. The zero-order valence-electron chi connectivity index (χ0n) is 6.32. The number of fused-ring (bicyclic) bond motifs is 2. The quantitative estimate of drug-likeness (QED) is 0.454. The monoisotopic (exact) mass is 156 g/mol. The van der Waals surface area contributed by atoms with Crippen molar-refractivity contribution in [3.8, 4) is 0 Å². The molecule has 62 valence electrons. The van der Waals surface area contributed by atoms with Crippen LogP contribution in [-0.2, 0) is 9.53 Å². The predicted octanol–water partition coefficient (Wildman–Crippen LogP) is -1.06. The predicted molar refractivity (Wildman–Crippen MR) is 38.9 cm³/mol. The molecule has 0 saturated carbocycles. The molecule has 3 atom stereocenters. The highest BCUT2D eigenvalue weighted by atomic mass is 16.5. The van der Waals surface area contributed by atoms with Crippen LogP contribution in [0.2, 0.25) is 0 Å². The summed E-state index contributed by atoms with van der Waals surface area (Å²) >= 11 is 0. The SMILES string of the molecule is N[C@@H]1CCN2CC(=O)O[C@H]1C2. The van der Waals surface area contributed by atoms with Crippen molar-refractivity contribution in [2.24, 2.45) is 5.73 Å². The van der Waals surface area contributed by atoms with Crippen LogP contribution in [0.15, 0.2) is 0 Å². The molecule has 0 spiro atoms. The van der Waals surface area contributed by atoms with E-state index in [0.717, 1.165) is 19.5 Å². The molecule has 0 aromatic rings. The summed E-state index contributed by atoms with van der Waals surface area (Å²) in [5.41, 5.74) is 5.74. The minimum Gasteiger partial charge on any atom is -0.458 e. The Morgan fingerprint density at radius 3 is 3.27 bits per heavy atom. The normalized spacial score (nSPS) is 43.4. The summed E-state index contributed by atoms with van der Waals surface area (Å²) < 4.78 is 5.06. The molecular weight excluding hydrogens is 144 g/mol. The van der Waals surface area contributed by atoms with E-state index in [1.807, 2.05) is 0 Å². The van der Waals surface area contributed by atoms with Crippen molar-refractivity contribution in [1.82, 2.24) is 4.90 Å². The second kappa shape index (κ2) is 2.46. The Morgan fingerprint density at radius 1 is 1.64 bits per heavy atom. The summed E-state index contributed by atoms with van der Waals surface area (Å²) in [7, 11) is 0. The molecule has 2 fully saturated rings. The van der Waals surface area contributed by atoms with E-state index >= 15 is 0 Å². The molecule has 2 N–H and O–H groups in total. The fraction of sp³-hybridized carbons (Fsp3) is 0.857. The molecule has 2 bridgehead atoms. The maximum atomic E-state index is 10.9. The third-order valence-corrected chi connectivity index (χ3v) is 2.33. The fourth-order valence-electron chi connectivity index (χ4n) is 1.66. The molecule has 11 heavy (non-hydrogen) atoms. The first-order valence-electron chi connectivity index (χ1n) is 3.93. The Hall–Kier alpha value is -0.610. The Balaban J connectivity index is 2.08. The average Bonchev–Trinajstić information content (AvgIpc) is 1.97. The third kappa shape index (κ3) is 1.23. The van der Waals surface area contributed by atoms with Crippen LogP contribution < -0.4 is 5.73 Å². The van der Waals surface area contributed by atoms with Crippen LogP contribution in [-0.4, -0.2) is 42.6 Å². The lowest BCUT2D eigenvalue weighted by Gasteiger charge is -2.39. The van der Waals surface area contributed by atoms with Crippen molar-refractivity contribution >= 4 is 5.97 Å². The topological polar surface area (TPSA) is 55.6 Å². The first-order valence-corrected chi connectivity index (χ1v) is 3.93. The summed E-state index contributed by atoms with van der Waals surface area (Å²) in [6.45, 7) is 2.21. The maximum absolute atomic E-state index is 10.9. The minimum absolute atomic E-state index is 0.0509. The molecule has 0 radical (unpaired) electrons. The molecule has 0 aliphatic carbocycles. The van der Waals surface area contributed by atoms with E-state index in [1.165, 1.54) is 0 Å². The molecule has 0 amide bonds. The fourth-order valence-corrected chi connectivity index (χ4v) is 1.66. The van der Waals surface area contributed by atoms with Crippen molar-refractivity contribution in [2.75, 3.05) is 19.6 Å². The van der Waals surface area contributed by atoms with Crippen molar-refractivity contribution in [3.05, 3.63) is 0 Å². The van der Waals surface area contributed by atoms with Crippen LogP contribution in [0.1, 0.15) is 6.42 Å². The van der Waals surface area contributed by atoms with E-state index in [9.17, 15) is 4.79 Å². The van der Waals surface area contributed by atoms with Gasteiger partial charge in [-0.1, -0.05) is 0 Å². The number of hydrogen-bond acceptors (Lipinski definition) is 4. The molecule has 4 heteroatoms. The van der Waals surface area contributed by atoms with Gasteiger partial charge in [0.05, 0.1) is 6.54 Å². The van der Waals surface area contributed by atoms with Crippen LogP contribution >= 0.6 is 0 Å². The number of hydrogen-bond donors (Lipinski definition) is 1. The summed E-state index contributed by atoms with van der Waals surface area (Å²) in [6, 6.07) is 0.0514. The second-order valence-corrected chi connectivity index (χ2v) is 3.22. The molecule has 2 aliphatic heterocycles. The minimum atomic E-state index is -0.128. The number of carbonyl (C=O) groups is 1. The van der Waals surface area contributed by atoms with Gasteiger partial charge in [0, 0.05) is 19.1 Å². The van der Waals surface area contributed by atoms with Gasteiger partial charge in [-0.3, -0.25) is 9.69 Å². The van der Waals surface area contributed by atoms with Crippen molar-refractivity contribution in [2.45, 2.75) is 18.6 Å². The molecule has 4 nitrogen and oxygen atoms in total. The first kappa shape index (κ1) is 7.06. The van der Waals surface area contributed by atoms with Crippen molar-refractivity contribution in [1.29, 1.82) is 0 Å². The zero-order chi connectivity index (χ0) is 7.84. The molecule has 0 aromatic heterocycles. The van der Waals surface area contributed by atoms with E-state index in [-0.39, 0.29) is 18.1 Å². The number of ether oxygens (including phenoxy) is 1. The summed E-state index contributed by atoms with van der Waals surface area (Å²) in [5, 5.41) is 0. The lowest BCUT2D eigenvalue weighted by atomic mass is 10.0. The van der Waals surface area contributed by atoms with Gasteiger partial charge in [-0.25, -0.2) is 0 Å². The molecule has 0 aromatic carbocycles. The zero-order valence-corrected chi connectivity index (χ0v) is 6.32. The highest BCUT2D eigenvalue weighted by molar-refractivity contribution is 5.72. The van der Waals surface area contributed by atoms with Crippen molar-refractivity contribution < 1.29 is 9.53 Å². The van der Waals surface area contributed by atoms with E-state index < -0.39 is 0 Å². The van der Waals surface area contributed by atoms with E-state index in [0.29, 0.717) is 6.54 Å². The molecule has 2 aliphatic rings. The van der Waals surface area contributed by atoms with Gasteiger partial charge in [0.15, 0.2) is 0 Å². The van der Waals surface area contributed by atoms with Gasteiger partial charge in [0.25, 0.3) is 0 Å². The Labute approximate surface area is 65.3 Å². The van der Waals surface area contributed by atoms with Crippen LogP contribution in [0.25, 0.3) is 0 Å². The Bertz CT molecular complexity index is 183. The largest absolute Gasteiger partial charge is 0.458 e.